The Kier molecular flexibility index (Phi) is 4.13. The minimum absolute atomic E-state index is 0.678. The Morgan fingerprint density at radius 2 is 0.932 bits per heavy atom. The molecule has 0 radical (unpaired) electrons. The number of aryl methyl sites for hydroxylation is 4. The second-order valence-electron chi connectivity index (χ2n) is 13.0. The van der Waals surface area contributed by atoms with Gasteiger partial charge in [-0.15, -0.1) is 0 Å². The lowest BCUT2D eigenvalue weighted by Gasteiger charge is -2.20. The molecule has 0 bridgehead atoms. The van der Waals surface area contributed by atoms with E-state index in [1.165, 1.54) is 66.1 Å². The van der Waals surface area contributed by atoms with Crippen LogP contribution in [0.2, 0.25) is 0 Å². The van der Waals surface area contributed by atoms with Crippen LogP contribution in [0.5, 0.6) is 0 Å². The fraction of sp³-hybridized carbons (Fsp3) is 0.0952. The van der Waals surface area contributed by atoms with Gasteiger partial charge in [0.05, 0.1) is 17.2 Å². The van der Waals surface area contributed by atoms with Gasteiger partial charge < -0.3 is 0 Å². The van der Waals surface area contributed by atoms with E-state index in [4.69, 9.17) is 0 Å². The van der Waals surface area contributed by atoms with Crippen molar-refractivity contribution in [3.8, 4) is 56.6 Å². The number of hydrogen-bond donors (Lipinski definition) is 0. The minimum atomic E-state index is 0.678. The molecular formula is C42H24N2. The Labute approximate surface area is 254 Å². The number of benzene rings is 8. The minimum Gasteiger partial charge on any atom is -0.192 e. The molecule has 0 fully saturated rings. The van der Waals surface area contributed by atoms with Gasteiger partial charge in [0.2, 0.25) is 0 Å². The van der Waals surface area contributed by atoms with Gasteiger partial charge in [-0.25, -0.2) is 0 Å². The van der Waals surface area contributed by atoms with E-state index < -0.39 is 0 Å². The lowest BCUT2D eigenvalue weighted by atomic mass is 9.81. The number of nitriles is 2. The van der Waals surface area contributed by atoms with Crippen LogP contribution in [-0.4, -0.2) is 0 Å². The smallest absolute Gasteiger partial charge is 0.100 e. The molecule has 2 nitrogen and oxygen atoms in total. The maximum atomic E-state index is 10.8. The molecular weight excluding hydrogens is 532 g/mol. The standard InChI is InChI=1S/C42H24N2/c1-19-7-23-8-20(2)12-31-36(23)29(11-19)30-16-28-25(17-43)15-34-39-26(5-6-27(38(30)31)40(28)39)35(18-44)42-33-14-22(4)10-24-9-21(3)13-32(37(24)33)41(34)42/h5-16H,1-4H3. The van der Waals surface area contributed by atoms with Crippen molar-refractivity contribution < 1.29 is 0 Å². The monoisotopic (exact) mass is 556 g/mol. The number of nitrogens with zero attached hydrogens (tertiary/aromatic N) is 2. The quantitative estimate of drug-likeness (QED) is 0.174. The molecule has 0 N–H and O–H groups in total. The van der Waals surface area contributed by atoms with E-state index in [1.54, 1.807) is 0 Å². The van der Waals surface area contributed by atoms with Gasteiger partial charge in [-0.1, -0.05) is 60.7 Å². The van der Waals surface area contributed by atoms with E-state index in [0.717, 1.165) is 60.1 Å². The zero-order valence-corrected chi connectivity index (χ0v) is 24.8. The van der Waals surface area contributed by atoms with Crippen molar-refractivity contribution in [2.24, 2.45) is 0 Å². The van der Waals surface area contributed by atoms with E-state index in [1.807, 2.05) is 0 Å². The largest absolute Gasteiger partial charge is 0.192 e. The average molecular weight is 557 g/mol. The first-order chi connectivity index (χ1) is 21.4. The molecule has 44 heavy (non-hydrogen) atoms. The molecule has 0 saturated heterocycles. The highest BCUT2D eigenvalue weighted by molar-refractivity contribution is 6.36. The third-order valence-electron chi connectivity index (χ3n) is 10.2. The maximum Gasteiger partial charge on any atom is 0.100 e. The first kappa shape index (κ1) is 23.8. The van der Waals surface area contributed by atoms with Gasteiger partial charge in [0, 0.05) is 16.3 Å². The van der Waals surface area contributed by atoms with Crippen molar-refractivity contribution >= 4 is 53.9 Å². The van der Waals surface area contributed by atoms with Crippen LogP contribution >= 0.6 is 0 Å². The molecule has 0 unspecified atom stereocenters. The molecule has 10 rings (SSSR count). The molecule has 0 aliphatic heterocycles. The van der Waals surface area contributed by atoms with Crippen LogP contribution in [0.15, 0.2) is 72.8 Å². The molecule has 0 atom stereocenters. The summed E-state index contributed by atoms with van der Waals surface area (Å²) in [6, 6.07) is 32.1. The van der Waals surface area contributed by atoms with Crippen LogP contribution in [-0.2, 0) is 0 Å². The first-order valence-electron chi connectivity index (χ1n) is 15.1. The SMILES string of the molecule is Cc1cc2c3c(cc(C)cc3c1)-c1c-2cc2c(C#N)cc3c4c(c(C#N)c5ccc1c2c53)-c1cc(C)cc2cc(C)cc-4c12. The Balaban J connectivity index is 1.47. The van der Waals surface area contributed by atoms with Gasteiger partial charge in [-0.05, 0) is 144 Å². The topological polar surface area (TPSA) is 47.6 Å². The zero-order chi connectivity index (χ0) is 29.8. The molecule has 2 aliphatic carbocycles. The Bertz CT molecular complexity index is 2800. The van der Waals surface area contributed by atoms with E-state index in [2.05, 4.69) is 113 Å². The molecule has 2 aliphatic rings. The number of rotatable bonds is 0. The molecule has 0 aromatic heterocycles. The number of hydrogen-bond acceptors (Lipinski definition) is 2. The fourth-order valence-electron chi connectivity index (χ4n) is 8.81. The van der Waals surface area contributed by atoms with Gasteiger partial charge in [-0.3, -0.25) is 0 Å². The summed E-state index contributed by atoms with van der Waals surface area (Å²) in [4.78, 5) is 0. The average Bonchev–Trinajstić information content (AvgIpc) is 3.48. The van der Waals surface area contributed by atoms with Gasteiger partial charge in [0.15, 0.2) is 0 Å². The van der Waals surface area contributed by atoms with Crippen LogP contribution < -0.4 is 0 Å². The second-order valence-corrected chi connectivity index (χ2v) is 13.0. The molecule has 202 valence electrons. The summed E-state index contributed by atoms with van der Waals surface area (Å²) in [6.45, 7) is 8.60. The zero-order valence-electron chi connectivity index (χ0n) is 24.8. The van der Waals surface area contributed by atoms with E-state index in [9.17, 15) is 10.5 Å². The van der Waals surface area contributed by atoms with Gasteiger partial charge in [0.25, 0.3) is 0 Å². The summed E-state index contributed by atoms with van der Waals surface area (Å²) in [5.41, 5.74) is 15.5. The summed E-state index contributed by atoms with van der Waals surface area (Å²) in [6.07, 6.45) is 0. The van der Waals surface area contributed by atoms with Crippen molar-refractivity contribution in [1.29, 1.82) is 10.5 Å². The van der Waals surface area contributed by atoms with Crippen molar-refractivity contribution in [1.82, 2.24) is 0 Å². The van der Waals surface area contributed by atoms with E-state index >= 15 is 0 Å². The molecule has 2 heteroatoms. The van der Waals surface area contributed by atoms with Crippen molar-refractivity contribution in [2.45, 2.75) is 27.7 Å². The Morgan fingerprint density at radius 1 is 0.409 bits per heavy atom. The summed E-state index contributed by atoms with van der Waals surface area (Å²) >= 11 is 0. The Hall–Kier alpha value is -5.70. The summed E-state index contributed by atoms with van der Waals surface area (Å²) < 4.78 is 0. The summed E-state index contributed by atoms with van der Waals surface area (Å²) in [7, 11) is 0. The lowest BCUT2D eigenvalue weighted by Crippen LogP contribution is -1.96. The molecule has 0 amide bonds. The fourth-order valence-corrected chi connectivity index (χ4v) is 8.81. The molecule has 0 spiro atoms. The van der Waals surface area contributed by atoms with Gasteiger partial charge in [-0.2, -0.15) is 10.5 Å². The predicted molar refractivity (Wildman–Crippen MR) is 182 cm³/mol. The Morgan fingerprint density at radius 3 is 1.55 bits per heavy atom. The molecule has 8 aromatic rings. The van der Waals surface area contributed by atoms with E-state index in [0.29, 0.717) is 5.56 Å². The van der Waals surface area contributed by atoms with Crippen LogP contribution in [0.1, 0.15) is 33.4 Å². The third-order valence-corrected chi connectivity index (χ3v) is 10.2. The molecule has 0 saturated carbocycles. The highest BCUT2D eigenvalue weighted by Crippen LogP contribution is 2.58. The summed E-state index contributed by atoms with van der Waals surface area (Å²) in [5.74, 6) is 0. The highest BCUT2D eigenvalue weighted by Gasteiger charge is 2.32. The maximum absolute atomic E-state index is 10.8. The lowest BCUT2D eigenvalue weighted by molar-refractivity contribution is 1.48. The van der Waals surface area contributed by atoms with Crippen molar-refractivity contribution in [3.63, 3.8) is 0 Å². The second kappa shape index (κ2) is 7.62. The van der Waals surface area contributed by atoms with Crippen molar-refractivity contribution in [2.75, 3.05) is 0 Å². The van der Waals surface area contributed by atoms with Crippen molar-refractivity contribution in [3.05, 3.63) is 106 Å². The van der Waals surface area contributed by atoms with Gasteiger partial charge >= 0.3 is 0 Å². The van der Waals surface area contributed by atoms with Gasteiger partial charge in [0.1, 0.15) is 6.07 Å². The highest BCUT2D eigenvalue weighted by atomic mass is 14.4. The summed E-state index contributed by atoms with van der Waals surface area (Å²) in [5, 5.41) is 32.7. The predicted octanol–water partition coefficient (Wildman–Crippen LogP) is 11.2. The van der Waals surface area contributed by atoms with Crippen LogP contribution in [0, 0.1) is 50.4 Å². The molecule has 0 heterocycles. The van der Waals surface area contributed by atoms with E-state index in [-0.39, 0.29) is 0 Å². The van der Waals surface area contributed by atoms with Crippen LogP contribution in [0.4, 0.5) is 0 Å². The third kappa shape index (κ3) is 2.62. The van der Waals surface area contributed by atoms with Crippen LogP contribution in [0.3, 0.4) is 0 Å². The number of fused-ring (bicyclic) bond motifs is 8. The molecule has 8 aromatic carbocycles. The normalized spacial score (nSPS) is 12.5. The first-order valence-corrected chi connectivity index (χ1v) is 15.1. The van der Waals surface area contributed by atoms with Crippen LogP contribution in [0.25, 0.3) is 98.4 Å².